The fourth-order valence-electron chi connectivity index (χ4n) is 5.27. The third-order valence-electron chi connectivity index (χ3n) is 7.60. The number of rotatable bonds is 9. The number of aromatic hydroxyl groups is 2. The number of benzene rings is 2. The summed E-state index contributed by atoms with van der Waals surface area (Å²) in [4.78, 5) is 47.0. The van der Waals surface area contributed by atoms with Gasteiger partial charge in [0.15, 0.2) is 0 Å². The maximum Gasteiger partial charge on any atom is 0.342 e. The largest absolute Gasteiger partial charge is 0.507 e. The smallest absolute Gasteiger partial charge is 0.342 e. The normalized spacial score (nSPS) is 17.2. The summed E-state index contributed by atoms with van der Waals surface area (Å²) in [7, 11) is 1.54. The average Bonchev–Trinajstić information content (AvgIpc) is 3.02. The number of phenols is 2. The van der Waals surface area contributed by atoms with Crippen LogP contribution in [-0.4, -0.2) is 64.1 Å². The number of phenolic OH excluding ortho intramolecular Hbond substituents is 2. The van der Waals surface area contributed by atoms with Crippen LogP contribution in [0.15, 0.2) is 54.9 Å². The number of ether oxygens (including phenoxy) is 2. The van der Waals surface area contributed by atoms with Crippen LogP contribution in [0.2, 0.25) is 0 Å². The van der Waals surface area contributed by atoms with Crippen molar-refractivity contribution in [3.63, 3.8) is 0 Å². The topological polar surface area (TPSA) is 160 Å². The minimum Gasteiger partial charge on any atom is -0.507 e. The zero-order valence-corrected chi connectivity index (χ0v) is 25.6. The first-order chi connectivity index (χ1) is 21.8. The second-order valence-electron chi connectivity index (χ2n) is 10.9. The Morgan fingerprint density at radius 1 is 1.09 bits per heavy atom. The minimum atomic E-state index is -0.820. The molecule has 1 aromatic heterocycles. The number of hydrogen-bond acceptors (Lipinski definition) is 10. The van der Waals surface area contributed by atoms with Crippen molar-refractivity contribution < 1.29 is 34.1 Å². The van der Waals surface area contributed by atoms with Crippen molar-refractivity contribution in [1.82, 2.24) is 15.3 Å². The highest BCUT2D eigenvalue weighted by Gasteiger charge is 2.31. The molecule has 1 unspecified atom stereocenters. The molecule has 238 valence electrons. The molecule has 1 amide bonds. The molecule has 1 aliphatic heterocycles. The van der Waals surface area contributed by atoms with Crippen LogP contribution in [-0.2, 0) is 14.3 Å². The number of hydrogen-bond donors (Lipinski definition) is 4. The second-order valence-corrected chi connectivity index (χ2v) is 10.9. The Bertz CT molecular complexity index is 1490. The van der Waals surface area contributed by atoms with Gasteiger partial charge in [0, 0.05) is 56.2 Å². The molecule has 0 saturated heterocycles. The molecular weight excluding hydrogens is 576 g/mol. The lowest BCUT2D eigenvalue weighted by Crippen LogP contribution is -2.30. The lowest BCUT2D eigenvalue weighted by atomic mass is 9.84. The Kier molecular flexibility index (Phi) is 11.9. The maximum absolute atomic E-state index is 13.5. The van der Waals surface area contributed by atoms with Crippen LogP contribution in [0.4, 0.5) is 5.95 Å². The number of methoxy groups -OCH3 is 1. The van der Waals surface area contributed by atoms with Gasteiger partial charge < -0.3 is 30.3 Å². The number of ketones is 1. The third kappa shape index (κ3) is 9.28. The summed E-state index contributed by atoms with van der Waals surface area (Å²) in [6.45, 7) is 2.39. The van der Waals surface area contributed by atoms with E-state index < -0.39 is 23.7 Å². The quantitative estimate of drug-likeness (QED) is 0.187. The first-order valence-electron chi connectivity index (χ1n) is 15.2. The first-order valence-corrected chi connectivity index (χ1v) is 15.2. The third-order valence-corrected chi connectivity index (χ3v) is 7.60. The van der Waals surface area contributed by atoms with Gasteiger partial charge in [-0.25, -0.2) is 14.8 Å². The van der Waals surface area contributed by atoms with E-state index in [2.05, 4.69) is 20.6 Å². The number of anilines is 1. The van der Waals surface area contributed by atoms with E-state index in [9.17, 15) is 24.6 Å². The Labute approximate surface area is 262 Å². The van der Waals surface area contributed by atoms with E-state index in [0.717, 1.165) is 0 Å². The van der Waals surface area contributed by atoms with Crippen LogP contribution in [0.3, 0.4) is 0 Å². The van der Waals surface area contributed by atoms with E-state index in [1.54, 1.807) is 61.8 Å². The van der Waals surface area contributed by atoms with Gasteiger partial charge in [-0.05, 0) is 68.0 Å². The van der Waals surface area contributed by atoms with E-state index in [-0.39, 0.29) is 47.1 Å². The van der Waals surface area contributed by atoms with Gasteiger partial charge in [0.1, 0.15) is 28.6 Å². The molecule has 0 aliphatic carbocycles. The number of nitrogens with one attached hydrogen (secondary N) is 2. The molecular formula is C34H40N4O7. The summed E-state index contributed by atoms with van der Waals surface area (Å²) in [5.74, 6) is -1.43. The number of amides is 1. The van der Waals surface area contributed by atoms with Crippen molar-refractivity contribution in [1.29, 1.82) is 0 Å². The fraction of sp³-hybridized carbons (Fsp3) is 0.382. The van der Waals surface area contributed by atoms with Gasteiger partial charge in [-0.3, -0.25) is 9.59 Å². The number of cyclic esters (lactones) is 1. The highest BCUT2D eigenvalue weighted by Crippen LogP contribution is 2.44. The van der Waals surface area contributed by atoms with Gasteiger partial charge in [-0.15, -0.1) is 0 Å². The zero-order valence-electron chi connectivity index (χ0n) is 25.6. The van der Waals surface area contributed by atoms with Gasteiger partial charge in [0.25, 0.3) is 0 Å². The van der Waals surface area contributed by atoms with Gasteiger partial charge in [0.05, 0.1) is 13.2 Å². The second kappa shape index (κ2) is 16.2. The molecule has 11 heteroatoms. The van der Waals surface area contributed by atoms with E-state index in [1.165, 1.54) is 13.2 Å². The van der Waals surface area contributed by atoms with Crippen LogP contribution >= 0.6 is 0 Å². The monoisotopic (exact) mass is 616 g/mol. The summed E-state index contributed by atoms with van der Waals surface area (Å²) in [5, 5.41) is 28.9. The Morgan fingerprint density at radius 3 is 2.56 bits per heavy atom. The standard InChI is InChI=1S/C34H40N4O7/c1-22-8-6-11-25(39)10-5-3-4-9-24-20-28(40)31(32(42)30(24)33(43)45-22)27(23-12-14-26(44-2)15-13-23)21-29(41)35-18-19-38-34-36-16-7-17-37-34/h4,7,9,12-17,20,22,27,40,42H,3,5-6,8,10-11,18-19,21H2,1-2H3,(H,35,41)(H,36,37,38)/b9-4+/t22-,27?/m0/s1. The Hall–Kier alpha value is -4.93. The number of nitrogens with zero attached hydrogens (tertiary/aromatic N) is 2. The van der Waals surface area contributed by atoms with Crippen molar-refractivity contribution in [3.8, 4) is 17.2 Å². The number of carbonyl (C=O) groups is 3. The van der Waals surface area contributed by atoms with Crippen LogP contribution in [0.25, 0.3) is 6.08 Å². The molecule has 0 bridgehead atoms. The lowest BCUT2D eigenvalue weighted by molar-refractivity contribution is -0.121. The summed E-state index contributed by atoms with van der Waals surface area (Å²) in [5.41, 5.74) is 0.844. The molecule has 0 radical (unpaired) electrons. The summed E-state index contributed by atoms with van der Waals surface area (Å²) in [6.07, 6.45) is 9.23. The minimum absolute atomic E-state index is 0.0367. The molecule has 1 aliphatic rings. The van der Waals surface area contributed by atoms with Crippen molar-refractivity contribution in [2.45, 2.75) is 63.9 Å². The molecule has 2 aromatic carbocycles. The lowest BCUT2D eigenvalue weighted by Gasteiger charge is -2.23. The SMILES string of the molecule is COc1ccc(C(CC(=O)NCCNc2ncccn2)c2c(O)cc3c(c2O)C(=O)O[C@@H](C)CCCC(=O)CCC/C=C/3)cc1. The van der Waals surface area contributed by atoms with Gasteiger partial charge in [-0.1, -0.05) is 24.3 Å². The van der Waals surface area contributed by atoms with E-state index in [4.69, 9.17) is 9.47 Å². The van der Waals surface area contributed by atoms with Crippen molar-refractivity contribution in [3.05, 3.63) is 77.1 Å². The van der Waals surface area contributed by atoms with Gasteiger partial charge in [-0.2, -0.15) is 0 Å². The van der Waals surface area contributed by atoms with Crippen LogP contribution in [0.1, 0.15) is 84.8 Å². The first kappa shape index (κ1) is 33.0. The number of allylic oxidation sites excluding steroid dienone is 1. The van der Waals surface area contributed by atoms with E-state index >= 15 is 0 Å². The molecule has 45 heavy (non-hydrogen) atoms. The van der Waals surface area contributed by atoms with Crippen LogP contribution in [0.5, 0.6) is 17.2 Å². The summed E-state index contributed by atoms with van der Waals surface area (Å²) >= 11 is 0. The molecule has 0 saturated carbocycles. The maximum atomic E-state index is 13.5. The van der Waals surface area contributed by atoms with Gasteiger partial charge in [0.2, 0.25) is 11.9 Å². The van der Waals surface area contributed by atoms with Crippen LogP contribution in [0, 0.1) is 0 Å². The molecule has 3 aromatic rings. The summed E-state index contributed by atoms with van der Waals surface area (Å²) in [6, 6.07) is 10.0. The Morgan fingerprint density at radius 2 is 1.82 bits per heavy atom. The Balaban J connectivity index is 1.66. The molecule has 4 rings (SSSR count). The molecule has 11 nitrogen and oxygen atoms in total. The van der Waals surface area contributed by atoms with E-state index in [1.807, 2.05) is 0 Å². The molecule has 4 N–H and O–H groups in total. The molecule has 2 heterocycles. The average molecular weight is 617 g/mol. The summed E-state index contributed by atoms with van der Waals surface area (Å²) < 4.78 is 11.0. The number of carbonyl (C=O) groups excluding carboxylic acids is 3. The number of Topliss-reactive ketones (excluding diaryl/α,β-unsaturated/α-hetero) is 1. The van der Waals surface area contributed by atoms with Gasteiger partial charge >= 0.3 is 5.97 Å². The highest BCUT2D eigenvalue weighted by atomic mass is 16.5. The number of esters is 1. The highest BCUT2D eigenvalue weighted by molar-refractivity contribution is 5.98. The van der Waals surface area contributed by atoms with Crippen molar-refractivity contribution in [2.24, 2.45) is 0 Å². The van der Waals surface area contributed by atoms with E-state index in [0.29, 0.717) is 62.3 Å². The number of aromatic nitrogens is 2. The molecule has 2 atom stereocenters. The molecule has 0 fully saturated rings. The predicted octanol–water partition coefficient (Wildman–Crippen LogP) is 5.13. The van der Waals surface area contributed by atoms with Crippen molar-refractivity contribution in [2.75, 3.05) is 25.5 Å². The zero-order chi connectivity index (χ0) is 32.2. The fourth-order valence-corrected chi connectivity index (χ4v) is 5.27. The van der Waals surface area contributed by atoms with Crippen molar-refractivity contribution >= 4 is 29.7 Å². The van der Waals surface area contributed by atoms with Crippen LogP contribution < -0.4 is 15.4 Å². The number of fused-ring (bicyclic) bond motifs is 1. The molecule has 0 spiro atoms. The predicted molar refractivity (Wildman–Crippen MR) is 169 cm³/mol.